The van der Waals surface area contributed by atoms with Crippen LogP contribution in [0.5, 0.6) is 5.75 Å². The summed E-state index contributed by atoms with van der Waals surface area (Å²) in [6, 6.07) is 20.0. The summed E-state index contributed by atoms with van der Waals surface area (Å²) in [4.78, 5) is 16.4. The Labute approximate surface area is 201 Å². The summed E-state index contributed by atoms with van der Waals surface area (Å²) in [5, 5.41) is 4.23. The molecule has 4 heteroatoms. The van der Waals surface area contributed by atoms with Crippen molar-refractivity contribution in [1.29, 1.82) is 0 Å². The van der Waals surface area contributed by atoms with Crippen molar-refractivity contribution in [2.24, 2.45) is 0 Å². The quantitative estimate of drug-likeness (QED) is 0.357. The maximum atomic E-state index is 13.1. The van der Waals surface area contributed by atoms with Gasteiger partial charge < -0.3 is 15.0 Å². The van der Waals surface area contributed by atoms with E-state index in [0.717, 1.165) is 23.1 Å². The van der Waals surface area contributed by atoms with Crippen molar-refractivity contribution in [2.45, 2.75) is 40.2 Å². The number of carbonyl (C=O) groups excluding carboxylic acids is 1. The molecule has 4 nitrogen and oxygen atoms in total. The van der Waals surface area contributed by atoms with Gasteiger partial charge in [-0.15, -0.1) is 0 Å². The number of carbonyl (C=O) groups is 1. The monoisotopic (exact) mass is 450 g/mol. The fourth-order valence-corrected chi connectivity index (χ4v) is 4.08. The van der Waals surface area contributed by atoms with Crippen LogP contribution in [0.25, 0.3) is 10.9 Å². The number of hydrogen-bond donors (Lipinski definition) is 2. The van der Waals surface area contributed by atoms with Crippen LogP contribution in [0.1, 0.15) is 52.0 Å². The molecule has 0 fully saturated rings. The predicted octanol–water partition coefficient (Wildman–Crippen LogP) is 5.94. The van der Waals surface area contributed by atoms with E-state index in [2.05, 4.69) is 66.3 Å². The first kappa shape index (κ1) is 23.2. The molecule has 2 N–H and O–H groups in total. The van der Waals surface area contributed by atoms with Crippen LogP contribution >= 0.6 is 0 Å². The van der Waals surface area contributed by atoms with E-state index in [9.17, 15) is 4.79 Å². The number of aryl methyl sites for hydroxylation is 2. The summed E-state index contributed by atoms with van der Waals surface area (Å²) in [6.07, 6.45) is 2.71. The van der Waals surface area contributed by atoms with E-state index in [1.54, 1.807) is 0 Å². The van der Waals surface area contributed by atoms with Crippen molar-refractivity contribution < 1.29 is 9.53 Å². The van der Waals surface area contributed by atoms with Crippen LogP contribution in [0.3, 0.4) is 0 Å². The molecular formula is C30H30N2O2. The van der Waals surface area contributed by atoms with Crippen molar-refractivity contribution in [1.82, 2.24) is 10.3 Å². The van der Waals surface area contributed by atoms with Crippen LogP contribution in [0, 0.1) is 25.7 Å². The van der Waals surface area contributed by atoms with Crippen molar-refractivity contribution in [3.63, 3.8) is 0 Å². The smallest absolute Gasteiger partial charge is 0.255 e. The van der Waals surface area contributed by atoms with Gasteiger partial charge in [-0.1, -0.05) is 36.1 Å². The second-order valence-electron chi connectivity index (χ2n) is 8.87. The van der Waals surface area contributed by atoms with E-state index in [1.807, 2.05) is 50.4 Å². The number of aromatic amines is 1. The third kappa shape index (κ3) is 5.68. The number of benzene rings is 3. The minimum absolute atomic E-state index is 0.0371. The molecule has 0 radical (unpaired) electrons. The summed E-state index contributed by atoms with van der Waals surface area (Å²) in [5.41, 5.74) is 6.89. The van der Waals surface area contributed by atoms with Gasteiger partial charge in [0, 0.05) is 34.8 Å². The van der Waals surface area contributed by atoms with Crippen LogP contribution in [0.15, 0.2) is 66.9 Å². The number of H-pyrrole nitrogens is 1. The number of para-hydroxylation sites is 1. The summed E-state index contributed by atoms with van der Waals surface area (Å²) < 4.78 is 5.91. The maximum absolute atomic E-state index is 13.1. The van der Waals surface area contributed by atoms with E-state index in [4.69, 9.17) is 4.74 Å². The van der Waals surface area contributed by atoms with Crippen molar-refractivity contribution in [3.8, 4) is 17.6 Å². The van der Waals surface area contributed by atoms with Crippen LogP contribution in [0.2, 0.25) is 0 Å². The van der Waals surface area contributed by atoms with Gasteiger partial charge in [-0.2, -0.15) is 0 Å². The standard InChI is InChI=1S/C30H30N2O2/c1-20(2)34-29-12-11-23(9-10-24-16-21(3)15-22(4)17-24)18-27(29)30(33)31-14-13-25-19-32-28-8-6-5-7-26(25)28/h5-8,11-12,15-20,32H,13-14H2,1-4H3,(H,31,33). The SMILES string of the molecule is Cc1cc(C)cc(C#Cc2ccc(OC(C)C)c(C(=O)NCCc3c[nH]c4ccccc34)c2)c1. The highest BCUT2D eigenvalue weighted by molar-refractivity contribution is 5.97. The number of ether oxygens (including phenoxy) is 1. The third-order valence-corrected chi connectivity index (χ3v) is 5.51. The molecule has 0 aliphatic heterocycles. The molecule has 0 aliphatic carbocycles. The van der Waals surface area contributed by atoms with Gasteiger partial charge in [0.25, 0.3) is 5.91 Å². The molecule has 1 amide bonds. The Bertz CT molecular complexity index is 1370. The van der Waals surface area contributed by atoms with Gasteiger partial charge in [-0.25, -0.2) is 0 Å². The fourth-order valence-electron chi connectivity index (χ4n) is 4.08. The lowest BCUT2D eigenvalue weighted by Gasteiger charge is -2.14. The summed E-state index contributed by atoms with van der Waals surface area (Å²) >= 11 is 0. The Balaban J connectivity index is 1.52. The molecule has 0 bridgehead atoms. The minimum atomic E-state index is -0.162. The highest BCUT2D eigenvalue weighted by Gasteiger charge is 2.15. The summed E-state index contributed by atoms with van der Waals surface area (Å²) in [7, 11) is 0. The number of hydrogen-bond acceptors (Lipinski definition) is 2. The first-order valence-electron chi connectivity index (χ1n) is 11.6. The Morgan fingerprint density at radius 1 is 0.971 bits per heavy atom. The van der Waals surface area contributed by atoms with Gasteiger partial charge in [-0.3, -0.25) is 4.79 Å². The van der Waals surface area contributed by atoms with Crippen LogP contribution < -0.4 is 10.1 Å². The minimum Gasteiger partial charge on any atom is -0.490 e. The molecule has 0 unspecified atom stereocenters. The van der Waals surface area contributed by atoms with Crippen molar-refractivity contribution in [3.05, 3.63) is 100 Å². The molecule has 4 aromatic rings. The largest absolute Gasteiger partial charge is 0.490 e. The lowest BCUT2D eigenvalue weighted by Crippen LogP contribution is -2.26. The van der Waals surface area contributed by atoms with Crippen LogP contribution in [-0.4, -0.2) is 23.5 Å². The maximum Gasteiger partial charge on any atom is 0.255 e. The second-order valence-corrected chi connectivity index (χ2v) is 8.87. The zero-order chi connectivity index (χ0) is 24.1. The van der Waals surface area contributed by atoms with E-state index >= 15 is 0 Å². The van der Waals surface area contributed by atoms with Gasteiger partial charge in [0.1, 0.15) is 5.75 Å². The van der Waals surface area contributed by atoms with Gasteiger partial charge in [0.2, 0.25) is 0 Å². The molecule has 4 rings (SSSR count). The number of nitrogens with one attached hydrogen (secondary N) is 2. The number of aromatic nitrogens is 1. The molecule has 1 aromatic heterocycles. The zero-order valence-electron chi connectivity index (χ0n) is 20.2. The number of fused-ring (bicyclic) bond motifs is 1. The molecule has 0 atom stereocenters. The van der Waals surface area contributed by atoms with E-state index in [0.29, 0.717) is 17.9 Å². The molecule has 0 saturated carbocycles. The second kappa shape index (κ2) is 10.3. The van der Waals surface area contributed by atoms with Crippen LogP contribution in [-0.2, 0) is 6.42 Å². The Kier molecular flexibility index (Phi) is 7.04. The Hall–Kier alpha value is -3.97. The normalized spacial score (nSPS) is 10.7. The number of rotatable bonds is 6. The molecule has 0 spiro atoms. The molecular weight excluding hydrogens is 420 g/mol. The topological polar surface area (TPSA) is 54.1 Å². The number of amides is 1. The first-order chi connectivity index (χ1) is 16.4. The Morgan fingerprint density at radius 3 is 2.47 bits per heavy atom. The lowest BCUT2D eigenvalue weighted by molar-refractivity contribution is 0.0948. The average molecular weight is 451 g/mol. The Morgan fingerprint density at radius 2 is 1.71 bits per heavy atom. The zero-order valence-corrected chi connectivity index (χ0v) is 20.2. The molecule has 1 heterocycles. The summed E-state index contributed by atoms with van der Waals surface area (Å²) in [5.74, 6) is 6.83. The van der Waals surface area contributed by atoms with Crippen LogP contribution in [0.4, 0.5) is 0 Å². The van der Waals surface area contributed by atoms with Gasteiger partial charge >= 0.3 is 0 Å². The van der Waals surface area contributed by atoms with Gasteiger partial charge in [0.05, 0.1) is 11.7 Å². The van der Waals surface area contributed by atoms with Crippen molar-refractivity contribution in [2.75, 3.05) is 6.54 Å². The molecule has 0 aliphatic rings. The lowest BCUT2D eigenvalue weighted by atomic mass is 10.1. The molecule has 172 valence electrons. The van der Waals surface area contributed by atoms with E-state index < -0.39 is 0 Å². The van der Waals surface area contributed by atoms with Gasteiger partial charge in [0.15, 0.2) is 0 Å². The predicted molar refractivity (Wildman–Crippen MR) is 138 cm³/mol. The fraction of sp³-hybridized carbons (Fsp3) is 0.233. The highest BCUT2D eigenvalue weighted by atomic mass is 16.5. The first-order valence-corrected chi connectivity index (χ1v) is 11.6. The average Bonchev–Trinajstić information content (AvgIpc) is 3.20. The van der Waals surface area contributed by atoms with E-state index in [1.165, 1.54) is 22.1 Å². The van der Waals surface area contributed by atoms with E-state index in [-0.39, 0.29) is 12.0 Å². The molecule has 34 heavy (non-hydrogen) atoms. The molecule has 0 saturated heterocycles. The highest BCUT2D eigenvalue weighted by Crippen LogP contribution is 2.22. The van der Waals surface area contributed by atoms with Crippen molar-refractivity contribution >= 4 is 16.8 Å². The van der Waals surface area contributed by atoms with Gasteiger partial charge in [-0.05, 0) is 87.2 Å². The molecule has 3 aromatic carbocycles. The third-order valence-electron chi connectivity index (χ3n) is 5.51. The summed E-state index contributed by atoms with van der Waals surface area (Å²) in [6.45, 7) is 8.56.